The summed E-state index contributed by atoms with van der Waals surface area (Å²) < 4.78 is 7.61. The summed E-state index contributed by atoms with van der Waals surface area (Å²) in [5.41, 5.74) is 6.69. The molecular weight excluding hydrogens is 166 g/mol. The summed E-state index contributed by atoms with van der Waals surface area (Å²) in [6.45, 7) is 0.619. The average Bonchev–Trinajstić information content (AvgIpc) is 2.71. The van der Waals surface area contributed by atoms with Crippen molar-refractivity contribution in [1.29, 1.82) is 0 Å². The van der Waals surface area contributed by atoms with Gasteiger partial charge in [-0.05, 0) is 18.9 Å². The fraction of sp³-hybridized carbons (Fsp3) is 0.667. The Labute approximate surface area is 77.7 Å². The van der Waals surface area contributed by atoms with Crippen LogP contribution in [0.2, 0.25) is 0 Å². The molecule has 0 radical (unpaired) electrons. The third kappa shape index (κ3) is 1.59. The molecule has 1 aromatic heterocycles. The maximum atomic E-state index is 5.75. The maximum Gasteiger partial charge on any atom is 0.0996 e. The van der Waals surface area contributed by atoms with Crippen molar-refractivity contribution in [3.63, 3.8) is 0 Å². The predicted octanol–water partition coefficient (Wildman–Crippen LogP) is 0.599. The number of nitrogens with two attached hydrogens (primary N) is 1. The molecule has 1 aliphatic heterocycles. The minimum Gasteiger partial charge on any atom is -0.367 e. The Morgan fingerprint density at radius 1 is 1.69 bits per heavy atom. The van der Waals surface area contributed by atoms with Crippen LogP contribution < -0.4 is 5.73 Å². The highest BCUT2D eigenvalue weighted by molar-refractivity contribution is 5.06. The molecule has 4 nitrogen and oxygen atoms in total. The van der Waals surface area contributed by atoms with Gasteiger partial charge >= 0.3 is 0 Å². The van der Waals surface area contributed by atoms with Crippen LogP contribution in [0.25, 0.3) is 0 Å². The van der Waals surface area contributed by atoms with E-state index >= 15 is 0 Å². The lowest BCUT2D eigenvalue weighted by Gasteiger charge is -2.12. The standard InChI is InChI=1S/C9H15N3O/c1-12-8(4-5-11-12)9-3-2-7(6-10)13-9/h4-5,7,9H,2-3,6,10H2,1H3. The molecule has 0 amide bonds. The van der Waals surface area contributed by atoms with Crippen LogP contribution in [0.4, 0.5) is 0 Å². The molecule has 2 heterocycles. The molecule has 1 aliphatic rings. The molecule has 1 fully saturated rings. The molecule has 2 atom stereocenters. The number of hydrogen-bond acceptors (Lipinski definition) is 3. The molecule has 0 bridgehead atoms. The van der Waals surface area contributed by atoms with Crippen LogP contribution in [0.1, 0.15) is 24.6 Å². The van der Waals surface area contributed by atoms with Gasteiger partial charge in [0.2, 0.25) is 0 Å². The summed E-state index contributed by atoms with van der Waals surface area (Å²) in [4.78, 5) is 0. The highest BCUT2D eigenvalue weighted by Crippen LogP contribution is 2.31. The first-order valence-corrected chi connectivity index (χ1v) is 4.64. The van der Waals surface area contributed by atoms with Crippen LogP contribution in [0.15, 0.2) is 12.3 Å². The van der Waals surface area contributed by atoms with Gasteiger partial charge in [-0.2, -0.15) is 5.10 Å². The zero-order valence-electron chi connectivity index (χ0n) is 7.81. The van der Waals surface area contributed by atoms with Crippen molar-refractivity contribution in [2.75, 3.05) is 6.54 Å². The quantitative estimate of drug-likeness (QED) is 0.726. The molecule has 13 heavy (non-hydrogen) atoms. The van der Waals surface area contributed by atoms with Gasteiger partial charge in [0.05, 0.1) is 17.9 Å². The van der Waals surface area contributed by atoms with Gasteiger partial charge in [0.25, 0.3) is 0 Å². The van der Waals surface area contributed by atoms with E-state index in [1.807, 2.05) is 17.8 Å². The van der Waals surface area contributed by atoms with Crippen molar-refractivity contribution in [3.8, 4) is 0 Å². The zero-order chi connectivity index (χ0) is 9.26. The SMILES string of the molecule is Cn1nccc1C1CCC(CN)O1. The zero-order valence-corrected chi connectivity index (χ0v) is 7.81. The lowest BCUT2D eigenvalue weighted by Crippen LogP contribution is -2.19. The van der Waals surface area contributed by atoms with Crippen LogP contribution in [-0.4, -0.2) is 22.4 Å². The van der Waals surface area contributed by atoms with E-state index in [-0.39, 0.29) is 12.2 Å². The number of aromatic nitrogens is 2. The fourth-order valence-electron chi connectivity index (χ4n) is 1.80. The van der Waals surface area contributed by atoms with Gasteiger partial charge in [-0.1, -0.05) is 0 Å². The largest absolute Gasteiger partial charge is 0.367 e. The summed E-state index contributed by atoms with van der Waals surface area (Å²) in [6.07, 6.45) is 4.35. The van der Waals surface area contributed by atoms with Gasteiger partial charge in [-0.15, -0.1) is 0 Å². The summed E-state index contributed by atoms with van der Waals surface area (Å²) >= 11 is 0. The van der Waals surface area contributed by atoms with E-state index in [9.17, 15) is 0 Å². The third-order valence-corrected chi connectivity index (χ3v) is 2.56. The van der Waals surface area contributed by atoms with Crippen molar-refractivity contribution in [2.45, 2.75) is 25.0 Å². The first-order valence-electron chi connectivity index (χ1n) is 4.64. The topological polar surface area (TPSA) is 53.1 Å². The van der Waals surface area contributed by atoms with Crippen LogP contribution in [0, 0.1) is 0 Å². The summed E-state index contributed by atoms with van der Waals surface area (Å²) in [7, 11) is 1.94. The number of hydrogen-bond donors (Lipinski definition) is 1. The second kappa shape index (κ2) is 3.47. The van der Waals surface area contributed by atoms with Gasteiger partial charge in [0, 0.05) is 19.8 Å². The Kier molecular flexibility index (Phi) is 2.33. The number of nitrogens with zero attached hydrogens (tertiary/aromatic N) is 2. The van der Waals surface area contributed by atoms with Gasteiger partial charge in [-0.3, -0.25) is 4.68 Å². The fourth-order valence-corrected chi connectivity index (χ4v) is 1.80. The molecule has 1 aromatic rings. The van der Waals surface area contributed by atoms with Crippen LogP contribution >= 0.6 is 0 Å². The summed E-state index contributed by atoms with van der Waals surface area (Å²) in [6, 6.07) is 2.00. The smallest absolute Gasteiger partial charge is 0.0996 e. The minimum absolute atomic E-state index is 0.195. The Bertz CT molecular complexity index is 284. The highest BCUT2D eigenvalue weighted by Gasteiger charge is 2.26. The molecule has 2 rings (SSSR count). The highest BCUT2D eigenvalue weighted by atomic mass is 16.5. The van der Waals surface area contributed by atoms with E-state index in [0.29, 0.717) is 6.54 Å². The molecular formula is C9H15N3O. The second-order valence-corrected chi connectivity index (χ2v) is 3.44. The first kappa shape index (κ1) is 8.72. The van der Waals surface area contributed by atoms with Crippen molar-refractivity contribution < 1.29 is 4.74 Å². The van der Waals surface area contributed by atoms with Crippen LogP contribution in [0.5, 0.6) is 0 Å². The molecule has 4 heteroatoms. The molecule has 0 saturated carbocycles. The Balaban J connectivity index is 2.08. The number of ether oxygens (including phenoxy) is 1. The normalized spacial score (nSPS) is 28.2. The monoisotopic (exact) mass is 181 g/mol. The molecule has 2 unspecified atom stereocenters. The Morgan fingerprint density at radius 2 is 2.54 bits per heavy atom. The summed E-state index contributed by atoms with van der Waals surface area (Å²) in [5.74, 6) is 0. The van der Waals surface area contributed by atoms with Crippen LogP contribution in [-0.2, 0) is 11.8 Å². The summed E-state index contributed by atoms with van der Waals surface area (Å²) in [5, 5.41) is 4.12. The Hall–Kier alpha value is -0.870. The van der Waals surface area contributed by atoms with Crippen molar-refractivity contribution in [3.05, 3.63) is 18.0 Å². The van der Waals surface area contributed by atoms with Crippen LogP contribution in [0.3, 0.4) is 0 Å². The maximum absolute atomic E-state index is 5.75. The third-order valence-electron chi connectivity index (χ3n) is 2.56. The minimum atomic E-state index is 0.195. The lowest BCUT2D eigenvalue weighted by atomic mass is 10.1. The van der Waals surface area contributed by atoms with Gasteiger partial charge in [-0.25, -0.2) is 0 Å². The molecule has 72 valence electrons. The van der Waals surface area contributed by atoms with E-state index in [4.69, 9.17) is 10.5 Å². The van der Waals surface area contributed by atoms with E-state index in [1.165, 1.54) is 0 Å². The van der Waals surface area contributed by atoms with E-state index in [1.54, 1.807) is 6.20 Å². The molecule has 2 N–H and O–H groups in total. The second-order valence-electron chi connectivity index (χ2n) is 3.44. The number of aryl methyl sites for hydroxylation is 1. The first-order chi connectivity index (χ1) is 6.31. The van der Waals surface area contributed by atoms with Gasteiger partial charge in [0.15, 0.2) is 0 Å². The number of rotatable bonds is 2. The Morgan fingerprint density at radius 3 is 3.08 bits per heavy atom. The van der Waals surface area contributed by atoms with E-state index < -0.39 is 0 Å². The molecule has 1 saturated heterocycles. The van der Waals surface area contributed by atoms with E-state index in [0.717, 1.165) is 18.5 Å². The van der Waals surface area contributed by atoms with Gasteiger partial charge in [0.1, 0.15) is 0 Å². The average molecular weight is 181 g/mol. The lowest BCUT2D eigenvalue weighted by molar-refractivity contribution is 0.0453. The van der Waals surface area contributed by atoms with Crippen molar-refractivity contribution in [1.82, 2.24) is 9.78 Å². The molecule has 0 aliphatic carbocycles. The molecule has 0 aromatic carbocycles. The van der Waals surface area contributed by atoms with Crippen molar-refractivity contribution in [2.24, 2.45) is 12.8 Å². The van der Waals surface area contributed by atoms with E-state index in [2.05, 4.69) is 5.10 Å². The van der Waals surface area contributed by atoms with Gasteiger partial charge < -0.3 is 10.5 Å². The van der Waals surface area contributed by atoms with Crippen molar-refractivity contribution >= 4 is 0 Å². The molecule has 0 spiro atoms. The predicted molar refractivity (Wildman–Crippen MR) is 49.1 cm³/mol.